The van der Waals surface area contributed by atoms with E-state index in [1.54, 1.807) is 7.11 Å². The molecular weight excluding hydrogens is 198 g/mol. The zero-order chi connectivity index (χ0) is 11.5. The number of ether oxygens (including phenoxy) is 1. The van der Waals surface area contributed by atoms with E-state index in [0.717, 1.165) is 18.7 Å². The first kappa shape index (κ1) is 11.2. The molecule has 0 spiro atoms. The molecule has 0 aliphatic heterocycles. The van der Waals surface area contributed by atoms with Crippen LogP contribution in [-0.2, 0) is 6.42 Å². The zero-order valence-electron chi connectivity index (χ0n) is 10.3. The molecule has 2 heteroatoms. The summed E-state index contributed by atoms with van der Waals surface area (Å²) in [6.45, 7) is 1.01. The van der Waals surface area contributed by atoms with Gasteiger partial charge in [0.1, 0.15) is 5.75 Å². The average molecular weight is 217 g/mol. The van der Waals surface area contributed by atoms with Crippen LogP contribution in [0.5, 0.6) is 5.75 Å². The summed E-state index contributed by atoms with van der Waals surface area (Å²) < 4.78 is 5.28. The average Bonchev–Trinajstić information content (AvgIpc) is 2.68. The van der Waals surface area contributed by atoms with Crippen molar-refractivity contribution in [2.75, 3.05) is 27.7 Å². The van der Waals surface area contributed by atoms with Crippen molar-refractivity contribution in [2.24, 2.45) is 0 Å². The maximum absolute atomic E-state index is 5.28. The minimum absolute atomic E-state index is 0.955. The third-order valence-electron chi connectivity index (χ3n) is 3.03. The van der Waals surface area contributed by atoms with Crippen LogP contribution in [0.15, 0.2) is 24.3 Å². The summed E-state index contributed by atoms with van der Waals surface area (Å²) in [5, 5.41) is 0. The molecule has 0 atom stereocenters. The summed E-state index contributed by atoms with van der Waals surface area (Å²) in [7, 11) is 5.91. The Hall–Kier alpha value is -1.28. The fourth-order valence-electron chi connectivity index (χ4n) is 2.11. The van der Waals surface area contributed by atoms with Crippen LogP contribution in [0.25, 0.3) is 5.57 Å². The van der Waals surface area contributed by atoms with Gasteiger partial charge in [0.05, 0.1) is 7.11 Å². The van der Waals surface area contributed by atoms with E-state index in [4.69, 9.17) is 4.74 Å². The highest BCUT2D eigenvalue weighted by atomic mass is 16.5. The van der Waals surface area contributed by atoms with Gasteiger partial charge in [0, 0.05) is 6.54 Å². The number of hydrogen-bond acceptors (Lipinski definition) is 2. The lowest BCUT2D eigenvalue weighted by Gasteiger charge is -2.08. The first-order chi connectivity index (χ1) is 7.70. The Labute approximate surface area is 97.5 Å². The molecule has 1 aliphatic carbocycles. The molecule has 0 saturated carbocycles. The maximum Gasteiger partial charge on any atom is 0.119 e. The Balaban J connectivity index is 2.27. The second-order valence-corrected chi connectivity index (χ2v) is 4.51. The molecule has 1 aromatic rings. The lowest BCUT2D eigenvalue weighted by atomic mass is 10.1. The number of likely N-dealkylation sites (N-methyl/N-ethyl adjacent to an activating group) is 1. The fourth-order valence-corrected chi connectivity index (χ4v) is 2.11. The molecule has 0 radical (unpaired) electrons. The number of aryl methyl sites for hydroxylation is 1. The first-order valence-electron chi connectivity index (χ1n) is 5.72. The van der Waals surface area contributed by atoms with Gasteiger partial charge in [-0.3, -0.25) is 0 Å². The van der Waals surface area contributed by atoms with Crippen molar-refractivity contribution in [3.05, 3.63) is 35.4 Å². The summed E-state index contributed by atoms with van der Waals surface area (Å²) in [6.07, 6.45) is 4.65. The van der Waals surface area contributed by atoms with Gasteiger partial charge in [-0.1, -0.05) is 12.1 Å². The molecule has 0 N–H and O–H groups in total. The summed E-state index contributed by atoms with van der Waals surface area (Å²) >= 11 is 0. The van der Waals surface area contributed by atoms with Gasteiger partial charge in [-0.2, -0.15) is 0 Å². The van der Waals surface area contributed by atoms with Gasteiger partial charge >= 0.3 is 0 Å². The van der Waals surface area contributed by atoms with E-state index in [2.05, 4.69) is 37.2 Å². The van der Waals surface area contributed by atoms with Crippen molar-refractivity contribution >= 4 is 5.57 Å². The predicted molar refractivity (Wildman–Crippen MR) is 67.8 cm³/mol. The van der Waals surface area contributed by atoms with Crippen molar-refractivity contribution in [3.63, 3.8) is 0 Å². The van der Waals surface area contributed by atoms with Crippen molar-refractivity contribution in [1.82, 2.24) is 4.90 Å². The number of nitrogens with zero attached hydrogens (tertiary/aromatic N) is 1. The number of benzene rings is 1. The third kappa shape index (κ3) is 2.27. The molecule has 86 valence electrons. The Morgan fingerprint density at radius 2 is 2.12 bits per heavy atom. The van der Waals surface area contributed by atoms with Crippen LogP contribution < -0.4 is 4.74 Å². The molecule has 2 rings (SSSR count). The Bertz CT molecular complexity index is 407. The molecule has 1 aliphatic rings. The molecule has 0 fully saturated rings. The number of allylic oxidation sites excluding steroid dienone is 1. The van der Waals surface area contributed by atoms with E-state index >= 15 is 0 Å². The molecule has 1 aromatic carbocycles. The van der Waals surface area contributed by atoms with Crippen molar-refractivity contribution < 1.29 is 4.74 Å². The third-order valence-corrected chi connectivity index (χ3v) is 3.03. The largest absolute Gasteiger partial charge is 0.497 e. The number of fused-ring (bicyclic) bond motifs is 1. The molecule has 0 saturated heterocycles. The fraction of sp³-hybridized carbons (Fsp3) is 0.429. The summed E-state index contributed by atoms with van der Waals surface area (Å²) in [5.41, 5.74) is 4.29. The van der Waals surface area contributed by atoms with Gasteiger partial charge in [0.25, 0.3) is 0 Å². The highest BCUT2D eigenvalue weighted by Gasteiger charge is 2.16. The van der Waals surface area contributed by atoms with E-state index in [-0.39, 0.29) is 0 Å². The van der Waals surface area contributed by atoms with Crippen LogP contribution >= 0.6 is 0 Å². The summed E-state index contributed by atoms with van der Waals surface area (Å²) in [4.78, 5) is 2.19. The second kappa shape index (κ2) is 4.71. The molecular formula is C14H19NO. The van der Waals surface area contributed by atoms with Gasteiger partial charge in [0.2, 0.25) is 0 Å². The maximum atomic E-state index is 5.28. The Morgan fingerprint density at radius 3 is 2.81 bits per heavy atom. The van der Waals surface area contributed by atoms with Crippen LogP contribution in [-0.4, -0.2) is 32.6 Å². The van der Waals surface area contributed by atoms with Crippen LogP contribution in [0.1, 0.15) is 17.5 Å². The van der Waals surface area contributed by atoms with Crippen molar-refractivity contribution in [3.8, 4) is 5.75 Å². The van der Waals surface area contributed by atoms with Gasteiger partial charge in [-0.15, -0.1) is 0 Å². The zero-order valence-corrected chi connectivity index (χ0v) is 10.3. The van der Waals surface area contributed by atoms with Gasteiger partial charge in [-0.05, 0) is 55.8 Å². The standard InChI is InChI=1S/C14H19NO/c1-15(2)9-8-12-5-4-11-6-7-13(16-3)10-14(11)12/h6-8,10H,4-5,9H2,1-3H3/b12-8+. The second-order valence-electron chi connectivity index (χ2n) is 4.51. The molecule has 0 amide bonds. The van der Waals surface area contributed by atoms with Crippen LogP contribution in [0, 0.1) is 0 Å². The SMILES string of the molecule is COc1ccc2c(c1)/C(=C/CN(C)C)CC2. The van der Waals surface area contributed by atoms with Gasteiger partial charge in [-0.25, -0.2) is 0 Å². The lowest BCUT2D eigenvalue weighted by Crippen LogP contribution is -2.10. The molecule has 0 unspecified atom stereocenters. The Morgan fingerprint density at radius 1 is 1.31 bits per heavy atom. The van der Waals surface area contributed by atoms with Crippen molar-refractivity contribution in [1.29, 1.82) is 0 Å². The van der Waals surface area contributed by atoms with E-state index in [9.17, 15) is 0 Å². The van der Waals surface area contributed by atoms with Crippen LogP contribution in [0.4, 0.5) is 0 Å². The molecule has 0 aromatic heterocycles. The minimum atomic E-state index is 0.955. The van der Waals surface area contributed by atoms with Gasteiger partial charge < -0.3 is 9.64 Å². The summed E-state index contributed by atoms with van der Waals surface area (Å²) in [5.74, 6) is 0.955. The number of hydrogen-bond donors (Lipinski definition) is 0. The Kier molecular flexibility index (Phi) is 3.30. The predicted octanol–water partition coefficient (Wildman–Crippen LogP) is 2.59. The quantitative estimate of drug-likeness (QED) is 0.771. The summed E-state index contributed by atoms with van der Waals surface area (Å²) in [6, 6.07) is 6.39. The van der Waals surface area contributed by atoms with Crippen molar-refractivity contribution in [2.45, 2.75) is 12.8 Å². The van der Waals surface area contributed by atoms with E-state index in [0.29, 0.717) is 0 Å². The lowest BCUT2D eigenvalue weighted by molar-refractivity contribution is 0.414. The number of methoxy groups -OCH3 is 1. The topological polar surface area (TPSA) is 12.5 Å². The highest BCUT2D eigenvalue weighted by Crippen LogP contribution is 2.34. The number of rotatable bonds is 3. The van der Waals surface area contributed by atoms with E-state index < -0.39 is 0 Å². The molecule has 0 heterocycles. The molecule has 0 bridgehead atoms. The van der Waals surface area contributed by atoms with E-state index in [1.165, 1.54) is 23.1 Å². The molecule has 2 nitrogen and oxygen atoms in total. The van der Waals surface area contributed by atoms with Crippen LogP contribution in [0.3, 0.4) is 0 Å². The van der Waals surface area contributed by atoms with Gasteiger partial charge in [0.15, 0.2) is 0 Å². The normalized spacial score (nSPS) is 16.9. The minimum Gasteiger partial charge on any atom is -0.497 e. The smallest absolute Gasteiger partial charge is 0.119 e. The monoisotopic (exact) mass is 217 g/mol. The van der Waals surface area contributed by atoms with E-state index in [1.807, 2.05) is 6.07 Å². The first-order valence-corrected chi connectivity index (χ1v) is 5.72. The van der Waals surface area contributed by atoms with Crippen LogP contribution in [0.2, 0.25) is 0 Å². The molecule has 16 heavy (non-hydrogen) atoms. The highest BCUT2D eigenvalue weighted by molar-refractivity contribution is 5.73.